The minimum atomic E-state index is -0.197. The van der Waals surface area contributed by atoms with Crippen molar-refractivity contribution in [2.75, 3.05) is 7.11 Å². The van der Waals surface area contributed by atoms with Crippen molar-refractivity contribution in [2.45, 2.75) is 17.5 Å². The first-order chi connectivity index (χ1) is 9.58. The van der Waals surface area contributed by atoms with E-state index in [-0.39, 0.29) is 5.56 Å². The molecule has 106 valence electrons. The summed E-state index contributed by atoms with van der Waals surface area (Å²) in [5.74, 6) is 0.593. The number of nitrogens with one attached hydrogen (secondary N) is 1. The van der Waals surface area contributed by atoms with Gasteiger partial charge in [0.05, 0.1) is 12.3 Å². The molecule has 0 fully saturated rings. The Hall–Kier alpha value is -1.01. The molecular weight excluding hydrogens is 319 g/mol. The van der Waals surface area contributed by atoms with Crippen LogP contribution in [0.1, 0.15) is 11.3 Å². The van der Waals surface area contributed by atoms with Crippen molar-refractivity contribution >= 4 is 35.0 Å². The Morgan fingerprint density at radius 2 is 2.15 bits per heavy atom. The number of hydrogen-bond acceptors (Lipinski definition) is 4. The number of ether oxygens (including phenoxy) is 1. The first-order valence-electron chi connectivity index (χ1n) is 5.74. The first kappa shape index (κ1) is 15.4. The molecule has 0 spiro atoms. The largest absolute Gasteiger partial charge is 0.378 e. The maximum atomic E-state index is 11.5. The molecule has 0 aliphatic carbocycles. The quantitative estimate of drug-likeness (QED) is 0.673. The fourth-order valence-corrected chi connectivity index (χ4v) is 3.01. The van der Waals surface area contributed by atoms with Gasteiger partial charge in [0.1, 0.15) is 0 Å². The number of hydrogen-bond donors (Lipinski definition) is 1. The van der Waals surface area contributed by atoms with Gasteiger partial charge in [0.2, 0.25) is 0 Å². The number of aromatic amines is 1. The second-order valence-electron chi connectivity index (χ2n) is 4.00. The molecule has 0 saturated heterocycles. The van der Waals surface area contributed by atoms with Crippen molar-refractivity contribution in [3.8, 4) is 0 Å². The number of rotatable bonds is 5. The Morgan fingerprint density at radius 3 is 2.85 bits per heavy atom. The van der Waals surface area contributed by atoms with Gasteiger partial charge in [-0.1, -0.05) is 41.0 Å². The van der Waals surface area contributed by atoms with Crippen molar-refractivity contribution in [1.82, 2.24) is 9.97 Å². The molecule has 1 heterocycles. The van der Waals surface area contributed by atoms with Crippen LogP contribution in [0.25, 0.3) is 0 Å². The number of thioether (sulfide) groups is 1. The Bertz CT molecular complexity index is 661. The zero-order valence-electron chi connectivity index (χ0n) is 10.7. The molecule has 0 unspecified atom stereocenters. The summed E-state index contributed by atoms with van der Waals surface area (Å²) in [6.45, 7) is 0.305. The zero-order chi connectivity index (χ0) is 14.5. The molecule has 0 bridgehead atoms. The van der Waals surface area contributed by atoms with Crippen molar-refractivity contribution in [3.05, 3.63) is 55.9 Å². The molecular formula is C13H12Cl2N2O2S. The second-order valence-corrected chi connectivity index (χ2v) is 5.81. The van der Waals surface area contributed by atoms with Crippen LogP contribution >= 0.6 is 35.0 Å². The predicted octanol–water partition coefficient (Wildman–Crippen LogP) is 3.52. The summed E-state index contributed by atoms with van der Waals surface area (Å²) in [4.78, 5) is 18.5. The lowest BCUT2D eigenvalue weighted by atomic mass is 10.2. The van der Waals surface area contributed by atoms with Gasteiger partial charge < -0.3 is 9.72 Å². The van der Waals surface area contributed by atoms with Crippen LogP contribution in [-0.4, -0.2) is 17.1 Å². The van der Waals surface area contributed by atoms with E-state index in [1.54, 1.807) is 19.2 Å². The van der Waals surface area contributed by atoms with Crippen molar-refractivity contribution in [2.24, 2.45) is 0 Å². The van der Waals surface area contributed by atoms with Gasteiger partial charge in [-0.2, -0.15) is 0 Å². The highest BCUT2D eigenvalue weighted by Gasteiger charge is 2.06. The third-order valence-electron chi connectivity index (χ3n) is 2.44. The molecule has 0 radical (unpaired) electrons. The molecule has 1 aromatic carbocycles. The maximum Gasteiger partial charge on any atom is 0.251 e. The van der Waals surface area contributed by atoms with E-state index < -0.39 is 0 Å². The molecule has 4 nitrogen and oxygen atoms in total. The summed E-state index contributed by atoms with van der Waals surface area (Å²) in [7, 11) is 1.56. The molecule has 7 heteroatoms. The molecule has 0 aliphatic heterocycles. The molecule has 1 aromatic heterocycles. The number of methoxy groups -OCH3 is 1. The van der Waals surface area contributed by atoms with Crippen molar-refractivity contribution in [1.29, 1.82) is 0 Å². The third kappa shape index (κ3) is 4.24. The average molecular weight is 331 g/mol. The predicted molar refractivity (Wildman–Crippen MR) is 81.6 cm³/mol. The van der Waals surface area contributed by atoms with E-state index in [4.69, 9.17) is 27.9 Å². The van der Waals surface area contributed by atoms with Crippen LogP contribution in [0.3, 0.4) is 0 Å². The second kappa shape index (κ2) is 7.13. The number of halogens is 2. The van der Waals surface area contributed by atoms with Gasteiger partial charge in [0.25, 0.3) is 5.56 Å². The van der Waals surface area contributed by atoms with E-state index >= 15 is 0 Å². The van der Waals surface area contributed by atoms with Crippen LogP contribution in [0.15, 0.2) is 34.2 Å². The third-order valence-corrected chi connectivity index (χ3v) is 3.95. The van der Waals surface area contributed by atoms with E-state index in [0.29, 0.717) is 33.3 Å². The van der Waals surface area contributed by atoms with E-state index in [2.05, 4.69) is 9.97 Å². The molecule has 2 rings (SSSR count). The van der Waals surface area contributed by atoms with Crippen LogP contribution in [0.4, 0.5) is 0 Å². The number of benzene rings is 1. The normalized spacial score (nSPS) is 10.8. The van der Waals surface area contributed by atoms with Crippen LogP contribution in [0, 0.1) is 0 Å². The van der Waals surface area contributed by atoms with Gasteiger partial charge in [-0.3, -0.25) is 4.79 Å². The lowest BCUT2D eigenvalue weighted by Gasteiger charge is -2.05. The van der Waals surface area contributed by atoms with Gasteiger partial charge in [-0.05, 0) is 17.7 Å². The molecule has 0 atom stereocenters. The fourth-order valence-electron chi connectivity index (χ4n) is 1.56. The monoisotopic (exact) mass is 330 g/mol. The zero-order valence-corrected chi connectivity index (χ0v) is 13.0. The van der Waals surface area contributed by atoms with Crippen LogP contribution in [0.2, 0.25) is 10.0 Å². The summed E-state index contributed by atoms with van der Waals surface area (Å²) >= 11 is 13.3. The molecule has 2 aromatic rings. The Kier molecular flexibility index (Phi) is 5.48. The van der Waals surface area contributed by atoms with Gasteiger partial charge in [-0.25, -0.2) is 4.98 Å². The van der Waals surface area contributed by atoms with Crippen molar-refractivity contribution < 1.29 is 4.74 Å². The summed E-state index contributed by atoms with van der Waals surface area (Å²) in [5, 5.41) is 1.73. The fraction of sp³-hybridized carbons (Fsp3) is 0.231. The number of nitrogens with zero attached hydrogens (tertiary/aromatic N) is 1. The smallest absolute Gasteiger partial charge is 0.251 e. The topological polar surface area (TPSA) is 55.0 Å². The maximum absolute atomic E-state index is 11.5. The summed E-state index contributed by atoms with van der Waals surface area (Å²) in [6.07, 6.45) is 0. The average Bonchev–Trinajstić information content (AvgIpc) is 2.37. The highest BCUT2D eigenvalue weighted by molar-refractivity contribution is 7.98. The summed E-state index contributed by atoms with van der Waals surface area (Å²) in [6, 6.07) is 6.75. The molecule has 0 saturated carbocycles. The molecule has 0 amide bonds. The van der Waals surface area contributed by atoms with Crippen molar-refractivity contribution in [3.63, 3.8) is 0 Å². The van der Waals surface area contributed by atoms with Gasteiger partial charge in [-0.15, -0.1) is 0 Å². The molecule has 20 heavy (non-hydrogen) atoms. The standard InChI is InChI=1S/C13H12Cl2N2O2S/c1-19-6-10-5-12(18)17-13(16-10)20-7-8-2-3-9(14)4-11(8)15/h2-5H,6-7H2,1H3,(H,16,17,18). The minimum absolute atomic E-state index is 0.197. The van der Waals surface area contributed by atoms with E-state index in [1.165, 1.54) is 17.8 Å². The molecule has 0 aliphatic rings. The van der Waals surface area contributed by atoms with E-state index in [0.717, 1.165) is 5.56 Å². The van der Waals surface area contributed by atoms with Crippen LogP contribution in [0.5, 0.6) is 0 Å². The number of aromatic nitrogens is 2. The Morgan fingerprint density at radius 1 is 1.35 bits per heavy atom. The van der Waals surface area contributed by atoms with Gasteiger partial charge in [0.15, 0.2) is 5.16 Å². The molecule has 1 N–H and O–H groups in total. The summed E-state index contributed by atoms with van der Waals surface area (Å²) < 4.78 is 4.97. The van der Waals surface area contributed by atoms with Crippen LogP contribution < -0.4 is 5.56 Å². The highest BCUT2D eigenvalue weighted by atomic mass is 35.5. The van der Waals surface area contributed by atoms with Gasteiger partial charge >= 0.3 is 0 Å². The Balaban J connectivity index is 2.12. The highest BCUT2D eigenvalue weighted by Crippen LogP contribution is 2.26. The lowest BCUT2D eigenvalue weighted by molar-refractivity contribution is 0.180. The Labute approximate surface area is 130 Å². The first-order valence-corrected chi connectivity index (χ1v) is 7.48. The van der Waals surface area contributed by atoms with Crippen LogP contribution in [-0.2, 0) is 17.1 Å². The van der Waals surface area contributed by atoms with E-state index in [9.17, 15) is 4.79 Å². The SMILES string of the molecule is COCc1cc(=O)[nH]c(SCc2ccc(Cl)cc2Cl)n1. The number of H-pyrrole nitrogens is 1. The minimum Gasteiger partial charge on any atom is -0.378 e. The summed E-state index contributed by atoms with van der Waals surface area (Å²) in [5.41, 5.74) is 1.33. The van der Waals surface area contributed by atoms with E-state index in [1.807, 2.05) is 6.07 Å². The van der Waals surface area contributed by atoms with Gasteiger partial charge in [0, 0.05) is 29.0 Å². The lowest BCUT2D eigenvalue weighted by Crippen LogP contribution is -2.10.